The first-order chi connectivity index (χ1) is 14.1. The molecule has 2 aliphatic carbocycles. The highest BCUT2D eigenvalue weighted by molar-refractivity contribution is 5.92. The largest absolute Gasteiger partial charge is 0.461 e. The van der Waals surface area contributed by atoms with E-state index >= 15 is 0 Å². The molecule has 8 unspecified atom stereocenters. The number of ether oxygens (including phenoxy) is 4. The van der Waals surface area contributed by atoms with Crippen molar-refractivity contribution < 1.29 is 38.4 Å². The van der Waals surface area contributed by atoms with Crippen LogP contribution in [0.1, 0.15) is 27.2 Å². The molecule has 4 rings (SSSR count). The zero-order valence-corrected chi connectivity index (χ0v) is 17.3. The van der Waals surface area contributed by atoms with Crippen LogP contribution < -0.4 is 0 Å². The van der Waals surface area contributed by atoms with Crippen LogP contribution >= 0.6 is 0 Å². The van der Waals surface area contributed by atoms with E-state index in [-0.39, 0.29) is 35.7 Å². The fraction of sp³-hybridized carbons (Fsp3) is 0.591. The summed E-state index contributed by atoms with van der Waals surface area (Å²) in [5.41, 5.74) is 0.344. The zero-order valence-electron chi connectivity index (χ0n) is 17.3. The Balaban J connectivity index is 1.65. The summed E-state index contributed by atoms with van der Waals surface area (Å²) in [6.45, 7) is 12.5. The van der Waals surface area contributed by atoms with Gasteiger partial charge in [0.15, 0.2) is 0 Å². The number of fused-ring (bicyclic) bond motifs is 5. The average molecular weight is 418 g/mol. The third kappa shape index (κ3) is 3.01. The number of esters is 3. The van der Waals surface area contributed by atoms with Crippen molar-refractivity contribution in [2.24, 2.45) is 17.8 Å². The van der Waals surface area contributed by atoms with Gasteiger partial charge < -0.3 is 24.1 Å². The van der Waals surface area contributed by atoms with Crippen molar-refractivity contribution in [2.75, 3.05) is 6.61 Å². The molecule has 8 atom stereocenters. The Labute approximate surface area is 174 Å². The lowest BCUT2D eigenvalue weighted by Gasteiger charge is -2.31. The van der Waals surface area contributed by atoms with Crippen molar-refractivity contribution in [1.82, 2.24) is 0 Å². The van der Waals surface area contributed by atoms with Crippen LogP contribution in [0.15, 0.2) is 36.0 Å². The normalized spacial score (nSPS) is 41.9. The van der Waals surface area contributed by atoms with Crippen molar-refractivity contribution in [2.45, 2.75) is 57.2 Å². The zero-order chi connectivity index (χ0) is 22.0. The molecule has 0 aromatic heterocycles. The molecule has 2 saturated heterocycles. The number of carbonyl (C=O) groups excluding carboxylic acids is 3. The maximum atomic E-state index is 12.8. The van der Waals surface area contributed by atoms with E-state index in [1.165, 1.54) is 13.0 Å². The van der Waals surface area contributed by atoms with Crippen LogP contribution in [0.25, 0.3) is 0 Å². The van der Waals surface area contributed by atoms with Crippen molar-refractivity contribution in [1.29, 1.82) is 0 Å². The quantitative estimate of drug-likeness (QED) is 0.239. The standard InChI is InChI=1S/C22H26O8/c1-6-12(8-27-11(4)23)21(26)29-19-15-10(3)20(25)28-18(15)16-13(9(2)17(19)24)7-14-22(16,5)30-14/h6,13-19,24H,2-3,7-8H2,1,4-5H3. The Morgan fingerprint density at radius 1 is 1.37 bits per heavy atom. The molecule has 2 heterocycles. The van der Waals surface area contributed by atoms with E-state index in [1.54, 1.807) is 6.92 Å². The molecule has 162 valence electrons. The molecule has 2 aliphatic heterocycles. The van der Waals surface area contributed by atoms with Crippen LogP contribution in [0.4, 0.5) is 0 Å². The second-order valence-electron chi connectivity index (χ2n) is 8.56. The molecule has 0 aromatic carbocycles. The number of allylic oxidation sites excluding steroid dienone is 1. The Kier molecular flexibility index (Phi) is 4.90. The number of aliphatic hydroxyl groups excluding tert-OH is 1. The number of hydrogen-bond donors (Lipinski definition) is 1. The van der Waals surface area contributed by atoms with Crippen molar-refractivity contribution in [3.05, 3.63) is 36.0 Å². The number of aliphatic hydroxyl groups is 1. The van der Waals surface area contributed by atoms with Gasteiger partial charge in [0, 0.05) is 18.4 Å². The fourth-order valence-electron chi connectivity index (χ4n) is 5.25. The van der Waals surface area contributed by atoms with Crippen LogP contribution in [0.2, 0.25) is 0 Å². The summed E-state index contributed by atoms with van der Waals surface area (Å²) >= 11 is 0. The summed E-state index contributed by atoms with van der Waals surface area (Å²) < 4.78 is 22.1. The molecule has 2 saturated carbocycles. The average Bonchev–Trinajstić information content (AvgIpc) is 3.15. The first kappa shape index (κ1) is 20.8. The summed E-state index contributed by atoms with van der Waals surface area (Å²) in [5, 5.41) is 11.1. The van der Waals surface area contributed by atoms with Gasteiger partial charge in [-0.3, -0.25) is 4.79 Å². The lowest BCUT2D eigenvalue weighted by Crippen LogP contribution is -2.43. The van der Waals surface area contributed by atoms with Gasteiger partial charge in [-0.2, -0.15) is 0 Å². The second kappa shape index (κ2) is 7.06. The first-order valence-corrected chi connectivity index (χ1v) is 10.0. The highest BCUT2D eigenvalue weighted by Crippen LogP contribution is 2.63. The van der Waals surface area contributed by atoms with E-state index < -0.39 is 47.7 Å². The van der Waals surface area contributed by atoms with Gasteiger partial charge in [-0.15, -0.1) is 0 Å². The molecule has 8 heteroatoms. The Morgan fingerprint density at radius 2 is 2.07 bits per heavy atom. The fourth-order valence-corrected chi connectivity index (χ4v) is 5.25. The highest BCUT2D eigenvalue weighted by atomic mass is 16.6. The summed E-state index contributed by atoms with van der Waals surface area (Å²) in [5.74, 6) is -2.91. The SMILES string of the molecule is C=C1C(O)C(OC(=O)C(=CC)COC(C)=O)C2C(=C)C(=O)OC2C2C1CC1OC12C. The molecular weight excluding hydrogens is 392 g/mol. The number of rotatable bonds is 4. The van der Waals surface area contributed by atoms with E-state index in [1.807, 2.05) is 6.92 Å². The molecule has 0 aromatic rings. The lowest BCUT2D eigenvalue weighted by molar-refractivity contribution is -0.155. The molecule has 0 amide bonds. The number of carbonyl (C=O) groups is 3. The third-order valence-electron chi connectivity index (χ3n) is 6.96. The van der Waals surface area contributed by atoms with Crippen LogP contribution in [0, 0.1) is 17.8 Å². The monoisotopic (exact) mass is 418 g/mol. The van der Waals surface area contributed by atoms with Gasteiger partial charge in [-0.05, 0) is 31.8 Å². The Bertz CT molecular complexity index is 872. The molecule has 0 radical (unpaired) electrons. The van der Waals surface area contributed by atoms with Gasteiger partial charge >= 0.3 is 17.9 Å². The molecule has 4 aliphatic rings. The van der Waals surface area contributed by atoms with E-state index in [9.17, 15) is 19.5 Å². The molecule has 4 fully saturated rings. The van der Waals surface area contributed by atoms with E-state index in [2.05, 4.69) is 13.2 Å². The number of hydrogen-bond acceptors (Lipinski definition) is 8. The van der Waals surface area contributed by atoms with Crippen LogP contribution in [-0.4, -0.2) is 59.6 Å². The number of epoxide rings is 1. The Hall–Kier alpha value is -2.45. The highest BCUT2D eigenvalue weighted by Gasteiger charge is 2.72. The van der Waals surface area contributed by atoms with Crippen molar-refractivity contribution in [3.63, 3.8) is 0 Å². The van der Waals surface area contributed by atoms with Crippen molar-refractivity contribution >= 4 is 17.9 Å². The van der Waals surface area contributed by atoms with Gasteiger partial charge in [0.2, 0.25) is 0 Å². The minimum atomic E-state index is -1.20. The van der Waals surface area contributed by atoms with E-state index in [0.29, 0.717) is 12.0 Å². The van der Waals surface area contributed by atoms with Crippen LogP contribution in [0.3, 0.4) is 0 Å². The van der Waals surface area contributed by atoms with Gasteiger partial charge in [-0.25, -0.2) is 9.59 Å². The second-order valence-corrected chi connectivity index (χ2v) is 8.56. The molecular formula is C22H26O8. The molecule has 0 spiro atoms. The minimum Gasteiger partial charge on any atom is -0.461 e. The maximum Gasteiger partial charge on any atom is 0.337 e. The first-order valence-electron chi connectivity index (χ1n) is 10.0. The predicted molar refractivity (Wildman–Crippen MR) is 103 cm³/mol. The predicted octanol–water partition coefficient (Wildman–Crippen LogP) is 1.23. The van der Waals surface area contributed by atoms with E-state index in [0.717, 1.165) is 0 Å². The van der Waals surface area contributed by atoms with Crippen LogP contribution in [0.5, 0.6) is 0 Å². The third-order valence-corrected chi connectivity index (χ3v) is 6.96. The van der Waals surface area contributed by atoms with Crippen molar-refractivity contribution in [3.8, 4) is 0 Å². The van der Waals surface area contributed by atoms with Gasteiger partial charge in [0.05, 0.1) is 23.2 Å². The summed E-state index contributed by atoms with van der Waals surface area (Å²) in [7, 11) is 0. The van der Waals surface area contributed by atoms with Crippen LogP contribution in [-0.2, 0) is 33.3 Å². The smallest absolute Gasteiger partial charge is 0.337 e. The van der Waals surface area contributed by atoms with E-state index in [4.69, 9.17) is 18.9 Å². The molecule has 30 heavy (non-hydrogen) atoms. The van der Waals surface area contributed by atoms with Gasteiger partial charge in [0.1, 0.15) is 24.9 Å². The maximum absolute atomic E-state index is 12.8. The Morgan fingerprint density at radius 3 is 2.70 bits per heavy atom. The summed E-state index contributed by atoms with van der Waals surface area (Å²) in [6.07, 6.45) is -0.769. The molecule has 1 N–H and O–H groups in total. The minimum absolute atomic E-state index is 0.0297. The lowest BCUT2D eigenvalue weighted by atomic mass is 9.78. The molecule has 8 nitrogen and oxygen atoms in total. The summed E-state index contributed by atoms with van der Waals surface area (Å²) in [4.78, 5) is 36.2. The van der Waals surface area contributed by atoms with Gasteiger partial charge in [0.25, 0.3) is 0 Å². The topological polar surface area (TPSA) is 112 Å². The molecule has 0 bridgehead atoms. The summed E-state index contributed by atoms with van der Waals surface area (Å²) in [6, 6.07) is 0. The van der Waals surface area contributed by atoms with Gasteiger partial charge in [-0.1, -0.05) is 19.2 Å².